The van der Waals surface area contributed by atoms with Gasteiger partial charge >= 0.3 is 0 Å². The van der Waals surface area contributed by atoms with Gasteiger partial charge in [-0.15, -0.1) is 0 Å². The van der Waals surface area contributed by atoms with Crippen molar-refractivity contribution in [2.45, 2.75) is 30.6 Å². The molecule has 0 bridgehead atoms. The number of sulfonamides is 1. The summed E-state index contributed by atoms with van der Waals surface area (Å²) in [6.07, 6.45) is 5.93. The van der Waals surface area contributed by atoms with Crippen molar-refractivity contribution in [1.29, 1.82) is 0 Å². The summed E-state index contributed by atoms with van der Waals surface area (Å²) in [5, 5.41) is 2.98. The second-order valence-electron chi connectivity index (χ2n) is 7.89. The first kappa shape index (κ1) is 23.0. The zero-order valence-corrected chi connectivity index (χ0v) is 19.4. The lowest BCUT2D eigenvalue weighted by atomic mass is 10.2. The molecule has 32 heavy (non-hydrogen) atoms. The lowest BCUT2D eigenvalue weighted by molar-refractivity contribution is 0.0730. The Kier molecular flexibility index (Phi) is 7.30. The maximum atomic E-state index is 13.2. The van der Waals surface area contributed by atoms with E-state index in [-0.39, 0.29) is 15.6 Å². The summed E-state index contributed by atoms with van der Waals surface area (Å²) in [5.41, 5.74) is 1.49. The standard InChI is InChI=1S/C22H27ClN4O4S/c23-21-18(6-5-9-24-21)22(28)25-19-16-17(32(29,30)27-12-14-31-15-13-27)7-8-20(19)26-10-3-1-2-4-11-26/h5-9,16H,1-4,10-15H2,(H,25,28). The van der Waals surface area contributed by atoms with Crippen LogP contribution in [0, 0.1) is 0 Å². The maximum Gasteiger partial charge on any atom is 0.258 e. The van der Waals surface area contributed by atoms with Gasteiger partial charge in [0.1, 0.15) is 5.15 Å². The van der Waals surface area contributed by atoms with E-state index in [2.05, 4.69) is 15.2 Å². The average molecular weight is 479 g/mol. The molecule has 2 aliphatic rings. The monoisotopic (exact) mass is 478 g/mol. The first-order chi connectivity index (χ1) is 15.5. The van der Waals surface area contributed by atoms with Crippen molar-refractivity contribution < 1.29 is 17.9 Å². The van der Waals surface area contributed by atoms with Crippen LogP contribution >= 0.6 is 11.6 Å². The Bertz CT molecular complexity index is 1070. The van der Waals surface area contributed by atoms with Crippen molar-refractivity contribution in [3.8, 4) is 0 Å². The molecule has 1 aromatic carbocycles. The fourth-order valence-corrected chi connectivity index (χ4v) is 5.68. The molecule has 0 aliphatic carbocycles. The van der Waals surface area contributed by atoms with E-state index in [4.69, 9.17) is 16.3 Å². The van der Waals surface area contributed by atoms with Gasteiger partial charge in [-0.05, 0) is 43.2 Å². The van der Waals surface area contributed by atoms with Gasteiger partial charge in [-0.3, -0.25) is 4.79 Å². The summed E-state index contributed by atoms with van der Waals surface area (Å²) in [5.74, 6) is -0.430. The van der Waals surface area contributed by atoms with Crippen molar-refractivity contribution in [2.75, 3.05) is 49.6 Å². The topological polar surface area (TPSA) is 91.8 Å². The van der Waals surface area contributed by atoms with E-state index in [0.717, 1.165) is 44.5 Å². The van der Waals surface area contributed by atoms with Gasteiger partial charge < -0.3 is 15.0 Å². The summed E-state index contributed by atoms with van der Waals surface area (Å²) >= 11 is 6.10. The van der Waals surface area contributed by atoms with E-state index < -0.39 is 15.9 Å². The van der Waals surface area contributed by atoms with E-state index in [9.17, 15) is 13.2 Å². The van der Waals surface area contributed by atoms with Gasteiger partial charge in [0.15, 0.2) is 0 Å². The lowest BCUT2D eigenvalue weighted by Gasteiger charge is -2.28. The minimum atomic E-state index is -3.70. The number of carbonyl (C=O) groups excluding carboxylic acids is 1. The molecular weight excluding hydrogens is 452 g/mol. The molecule has 1 N–H and O–H groups in total. The molecule has 2 fully saturated rings. The van der Waals surface area contributed by atoms with Gasteiger partial charge in [-0.1, -0.05) is 24.4 Å². The highest BCUT2D eigenvalue weighted by Crippen LogP contribution is 2.32. The molecule has 2 saturated heterocycles. The number of nitrogens with one attached hydrogen (secondary N) is 1. The molecule has 0 atom stereocenters. The number of halogens is 1. The normalized spacial score (nSPS) is 18.2. The molecule has 0 unspecified atom stereocenters. The summed E-state index contributed by atoms with van der Waals surface area (Å²) < 4.78 is 33.1. The number of carbonyl (C=O) groups is 1. The third-order valence-electron chi connectivity index (χ3n) is 5.77. The Hall–Kier alpha value is -2.20. The Morgan fingerprint density at radius 2 is 1.75 bits per heavy atom. The van der Waals surface area contributed by atoms with Crippen LogP contribution in [-0.2, 0) is 14.8 Å². The number of morpholine rings is 1. The number of nitrogens with zero attached hydrogens (tertiary/aromatic N) is 3. The second-order valence-corrected chi connectivity index (χ2v) is 10.2. The van der Waals surface area contributed by atoms with Crippen molar-refractivity contribution in [1.82, 2.24) is 9.29 Å². The Balaban J connectivity index is 1.70. The van der Waals surface area contributed by atoms with Crippen LogP contribution in [0.1, 0.15) is 36.0 Å². The Morgan fingerprint density at radius 3 is 2.44 bits per heavy atom. The van der Waals surface area contributed by atoms with Gasteiger partial charge in [0.05, 0.1) is 35.0 Å². The maximum absolute atomic E-state index is 13.2. The largest absolute Gasteiger partial charge is 0.379 e. The summed E-state index contributed by atoms with van der Waals surface area (Å²) in [6, 6.07) is 8.18. The molecule has 172 valence electrons. The first-order valence-electron chi connectivity index (χ1n) is 10.9. The summed E-state index contributed by atoms with van der Waals surface area (Å²) in [7, 11) is -3.70. The Morgan fingerprint density at radius 1 is 1.03 bits per heavy atom. The Labute approximate surface area is 193 Å². The number of ether oxygens (including phenoxy) is 1. The highest BCUT2D eigenvalue weighted by molar-refractivity contribution is 7.89. The summed E-state index contributed by atoms with van der Waals surface area (Å²) in [4.78, 5) is 19.3. The van der Waals surface area contributed by atoms with Crippen molar-refractivity contribution in [3.63, 3.8) is 0 Å². The van der Waals surface area contributed by atoms with Gasteiger partial charge in [-0.2, -0.15) is 4.31 Å². The van der Waals surface area contributed by atoms with E-state index in [1.165, 1.54) is 10.5 Å². The number of amides is 1. The van der Waals surface area contributed by atoms with Crippen LogP contribution in [-0.4, -0.2) is 63.0 Å². The van der Waals surface area contributed by atoms with Crippen LogP contribution in [0.25, 0.3) is 0 Å². The number of pyridine rings is 1. The zero-order valence-electron chi connectivity index (χ0n) is 17.8. The van der Waals surface area contributed by atoms with E-state index in [0.29, 0.717) is 32.0 Å². The predicted octanol–water partition coefficient (Wildman–Crippen LogP) is 3.39. The fraction of sp³-hybridized carbons (Fsp3) is 0.455. The molecule has 2 aromatic rings. The van der Waals surface area contributed by atoms with Crippen molar-refractivity contribution in [3.05, 3.63) is 47.2 Å². The highest BCUT2D eigenvalue weighted by atomic mass is 35.5. The quantitative estimate of drug-likeness (QED) is 0.662. The lowest BCUT2D eigenvalue weighted by Crippen LogP contribution is -2.40. The molecule has 4 rings (SSSR count). The van der Waals surface area contributed by atoms with Crippen LogP contribution in [0.3, 0.4) is 0 Å². The molecular formula is C22H27ClN4O4S. The predicted molar refractivity (Wildman–Crippen MR) is 124 cm³/mol. The number of hydrogen-bond acceptors (Lipinski definition) is 6. The first-order valence-corrected chi connectivity index (χ1v) is 12.7. The minimum absolute atomic E-state index is 0.0958. The van der Waals surface area contributed by atoms with Crippen LogP contribution in [0.5, 0.6) is 0 Å². The van der Waals surface area contributed by atoms with Gasteiger partial charge in [0.25, 0.3) is 5.91 Å². The number of rotatable bonds is 5. The fourth-order valence-electron chi connectivity index (χ4n) is 4.04. The van der Waals surface area contributed by atoms with Gasteiger partial charge in [-0.25, -0.2) is 13.4 Å². The smallest absolute Gasteiger partial charge is 0.258 e. The SMILES string of the molecule is O=C(Nc1cc(S(=O)(=O)N2CCOCC2)ccc1N1CCCCCC1)c1cccnc1Cl. The third kappa shape index (κ3) is 5.06. The van der Waals surface area contributed by atoms with Crippen molar-refractivity contribution >= 4 is 38.9 Å². The molecule has 8 nitrogen and oxygen atoms in total. The van der Waals surface area contributed by atoms with Crippen LogP contribution < -0.4 is 10.2 Å². The minimum Gasteiger partial charge on any atom is -0.379 e. The average Bonchev–Trinajstić information content (AvgIpc) is 3.09. The molecule has 1 amide bonds. The molecule has 0 saturated carbocycles. The molecule has 1 aromatic heterocycles. The number of anilines is 2. The number of benzene rings is 1. The van der Waals surface area contributed by atoms with Crippen molar-refractivity contribution in [2.24, 2.45) is 0 Å². The van der Waals surface area contributed by atoms with Crippen LogP contribution in [0.15, 0.2) is 41.4 Å². The third-order valence-corrected chi connectivity index (χ3v) is 7.97. The van der Waals surface area contributed by atoms with E-state index >= 15 is 0 Å². The van der Waals surface area contributed by atoms with Gasteiger partial charge in [0, 0.05) is 32.4 Å². The van der Waals surface area contributed by atoms with E-state index in [1.54, 1.807) is 30.3 Å². The van der Waals surface area contributed by atoms with Crippen LogP contribution in [0.4, 0.5) is 11.4 Å². The number of hydrogen-bond donors (Lipinski definition) is 1. The molecule has 0 radical (unpaired) electrons. The highest BCUT2D eigenvalue weighted by Gasteiger charge is 2.28. The van der Waals surface area contributed by atoms with Gasteiger partial charge in [0.2, 0.25) is 10.0 Å². The van der Waals surface area contributed by atoms with Crippen LogP contribution in [0.2, 0.25) is 5.15 Å². The molecule has 2 aliphatic heterocycles. The molecule has 10 heteroatoms. The van der Waals surface area contributed by atoms with E-state index in [1.807, 2.05) is 0 Å². The second kappa shape index (κ2) is 10.2. The molecule has 3 heterocycles. The summed E-state index contributed by atoms with van der Waals surface area (Å²) in [6.45, 7) is 3.06. The molecule has 0 spiro atoms. The zero-order chi connectivity index (χ0) is 22.6. The number of aromatic nitrogens is 1.